The van der Waals surface area contributed by atoms with E-state index in [1.165, 1.54) is 5.56 Å². The lowest BCUT2D eigenvalue weighted by Gasteiger charge is -2.21. The maximum absolute atomic E-state index is 13.4. The van der Waals surface area contributed by atoms with Crippen LogP contribution in [0, 0.1) is 20.8 Å². The molecular weight excluding hydrogens is 424 g/mol. The van der Waals surface area contributed by atoms with E-state index >= 15 is 0 Å². The molecule has 0 spiro atoms. The highest BCUT2D eigenvalue weighted by atomic mass is 35.5. The Morgan fingerprint density at radius 3 is 2.39 bits per heavy atom. The van der Waals surface area contributed by atoms with Gasteiger partial charge in [0.25, 0.3) is 5.91 Å². The van der Waals surface area contributed by atoms with Crippen LogP contribution in [0.2, 0.25) is 5.02 Å². The number of halogens is 1. The second-order valence-electron chi connectivity index (χ2n) is 7.61. The number of aliphatic imine (C=N–C) groups is 1. The zero-order chi connectivity index (χ0) is 22.0. The average molecular weight is 447 g/mol. The van der Waals surface area contributed by atoms with Gasteiger partial charge in [-0.1, -0.05) is 77.5 Å². The minimum Gasteiger partial charge on any atom is -0.266 e. The molecule has 0 atom stereocenters. The molecule has 156 valence electrons. The zero-order valence-electron chi connectivity index (χ0n) is 17.7. The fourth-order valence-corrected chi connectivity index (χ4v) is 4.42. The maximum atomic E-state index is 13.4. The summed E-state index contributed by atoms with van der Waals surface area (Å²) in [6, 6.07) is 21.9. The Kier molecular flexibility index (Phi) is 6.30. The number of amides is 1. The van der Waals surface area contributed by atoms with Crippen molar-refractivity contribution in [3.63, 3.8) is 0 Å². The van der Waals surface area contributed by atoms with Crippen LogP contribution in [-0.2, 0) is 10.5 Å². The molecule has 31 heavy (non-hydrogen) atoms. The number of carbonyl (C=O) groups is 1. The van der Waals surface area contributed by atoms with Crippen molar-refractivity contribution in [2.45, 2.75) is 26.5 Å². The van der Waals surface area contributed by atoms with Crippen LogP contribution in [0.1, 0.15) is 27.8 Å². The summed E-state index contributed by atoms with van der Waals surface area (Å²) in [5, 5.41) is 1.40. The Labute approximate surface area is 192 Å². The fourth-order valence-electron chi connectivity index (χ4n) is 3.33. The Hall–Kier alpha value is -2.82. The third-order valence-corrected chi connectivity index (χ3v) is 6.57. The van der Waals surface area contributed by atoms with E-state index in [1.807, 2.05) is 80.6 Å². The van der Waals surface area contributed by atoms with Crippen molar-refractivity contribution in [1.82, 2.24) is 0 Å². The summed E-state index contributed by atoms with van der Waals surface area (Å²) < 4.78 is 0. The second-order valence-corrected chi connectivity index (χ2v) is 8.99. The number of hydrogen-bond acceptors (Lipinski definition) is 3. The van der Waals surface area contributed by atoms with E-state index in [1.54, 1.807) is 16.7 Å². The lowest BCUT2D eigenvalue weighted by molar-refractivity contribution is -0.113. The largest absolute Gasteiger partial charge is 0.283 e. The first-order valence-electron chi connectivity index (χ1n) is 10.1. The molecule has 0 aromatic heterocycles. The molecule has 0 N–H and O–H groups in total. The van der Waals surface area contributed by atoms with Gasteiger partial charge >= 0.3 is 0 Å². The van der Waals surface area contributed by atoms with E-state index in [0.29, 0.717) is 21.6 Å². The summed E-state index contributed by atoms with van der Waals surface area (Å²) in [4.78, 5) is 19.9. The zero-order valence-corrected chi connectivity index (χ0v) is 19.3. The van der Waals surface area contributed by atoms with Gasteiger partial charge in [0.15, 0.2) is 5.17 Å². The molecule has 3 nitrogen and oxygen atoms in total. The Balaban J connectivity index is 1.70. The summed E-state index contributed by atoms with van der Waals surface area (Å²) in [5.74, 6) is 0.593. The van der Waals surface area contributed by atoms with Crippen molar-refractivity contribution in [2.75, 3.05) is 4.90 Å². The number of aryl methyl sites for hydroxylation is 2. The third kappa shape index (κ3) is 4.76. The highest BCUT2D eigenvalue weighted by Gasteiger charge is 2.33. The van der Waals surface area contributed by atoms with Gasteiger partial charge < -0.3 is 0 Å². The summed E-state index contributed by atoms with van der Waals surface area (Å²) in [6.45, 7) is 6.14. The molecule has 0 aliphatic carbocycles. The second kappa shape index (κ2) is 9.13. The van der Waals surface area contributed by atoms with Crippen LogP contribution in [0.25, 0.3) is 6.08 Å². The van der Waals surface area contributed by atoms with E-state index in [4.69, 9.17) is 16.6 Å². The molecule has 4 rings (SSSR count). The van der Waals surface area contributed by atoms with Gasteiger partial charge in [-0.3, -0.25) is 9.69 Å². The number of anilines is 1. The molecule has 5 heteroatoms. The lowest BCUT2D eigenvalue weighted by atomic mass is 10.1. The number of carbonyl (C=O) groups excluding carboxylic acids is 1. The van der Waals surface area contributed by atoms with E-state index < -0.39 is 0 Å². The van der Waals surface area contributed by atoms with Crippen molar-refractivity contribution < 1.29 is 4.79 Å². The van der Waals surface area contributed by atoms with Gasteiger partial charge in [0.2, 0.25) is 0 Å². The molecule has 1 aliphatic rings. The van der Waals surface area contributed by atoms with Crippen molar-refractivity contribution >= 4 is 46.2 Å². The summed E-state index contributed by atoms with van der Waals surface area (Å²) in [7, 11) is 0. The molecule has 1 aliphatic heterocycles. The summed E-state index contributed by atoms with van der Waals surface area (Å²) in [5.41, 5.74) is 6.81. The minimum atomic E-state index is -0.104. The Bertz CT molecular complexity index is 1180. The Morgan fingerprint density at radius 2 is 1.68 bits per heavy atom. The van der Waals surface area contributed by atoms with Crippen LogP contribution < -0.4 is 4.90 Å². The van der Waals surface area contributed by atoms with Crippen LogP contribution in [0.3, 0.4) is 0 Å². The van der Waals surface area contributed by atoms with Gasteiger partial charge in [-0.05, 0) is 67.3 Å². The molecular formula is C26H23ClN2OS. The fraction of sp³-hybridized carbons (Fsp3) is 0.154. The van der Waals surface area contributed by atoms with Gasteiger partial charge in [-0.15, -0.1) is 0 Å². The monoisotopic (exact) mass is 446 g/mol. The molecule has 3 aromatic rings. The van der Waals surface area contributed by atoms with Crippen LogP contribution in [0.4, 0.5) is 5.69 Å². The van der Waals surface area contributed by atoms with Gasteiger partial charge in [0, 0.05) is 10.8 Å². The van der Waals surface area contributed by atoms with E-state index in [2.05, 4.69) is 13.0 Å². The highest BCUT2D eigenvalue weighted by Crippen LogP contribution is 2.33. The first-order chi connectivity index (χ1) is 14.9. The van der Waals surface area contributed by atoms with Gasteiger partial charge in [-0.25, -0.2) is 4.99 Å². The van der Waals surface area contributed by atoms with Crippen molar-refractivity contribution in [3.8, 4) is 0 Å². The normalized spacial score (nSPS) is 15.0. The molecule has 0 saturated carbocycles. The van der Waals surface area contributed by atoms with Gasteiger partial charge in [-0.2, -0.15) is 0 Å². The topological polar surface area (TPSA) is 32.7 Å². The molecule has 0 radical (unpaired) electrons. The van der Waals surface area contributed by atoms with E-state index in [9.17, 15) is 4.79 Å². The average Bonchev–Trinajstić information content (AvgIpc) is 3.06. The molecule has 3 aromatic carbocycles. The molecule has 0 fully saturated rings. The Morgan fingerprint density at radius 1 is 0.968 bits per heavy atom. The lowest BCUT2D eigenvalue weighted by Crippen LogP contribution is -2.31. The number of thioether (sulfide) groups is 1. The van der Waals surface area contributed by atoms with Crippen LogP contribution in [-0.4, -0.2) is 11.1 Å². The number of nitrogens with zero attached hydrogens (tertiary/aromatic N) is 2. The predicted molar refractivity (Wildman–Crippen MR) is 133 cm³/mol. The van der Waals surface area contributed by atoms with Gasteiger partial charge in [0.1, 0.15) is 5.70 Å². The molecule has 1 heterocycles. The van der Waals surface area contributed by atoms with Crippen LogP contribution in [0.5, 0.6) is 0 Å². The molecule has 0 saturated heterocycles. The highest BCUT2D eigenvalue weighted by molar-refractivity contribution is 8.13. The third-order valence-electron chi connectivity index (χ3n) is 5.31. The smallest absolute Gasteiger partial charge is 0.266 e. The molecule has 0 unspecified atom stereocenters. The number of rotatable bonds is 4. The SMILES string of the molecule is Cc1ccc(/C=C2\N=C(SCc3ccc(Cl)cc3)N(c3cccc(C)c3C)C2=O)cc1. The quantitative estimate of drug-likeness (QED) is 0.406. The number of benzene rings is 3. The number of hydrogen-bond donors (Lipinski definition) is 0. The first-order valence-corrected chi connectivity index (χ1v) is 11.4. The summed E-state index contributed by atoms with van der Waals surface area (Å²) in [6.07, 6.45) is 1.86. The van der Waals surface area contributed by atoms with Gasteiger partial charge in [0.05, 0.1) is 5.69 Å². The van der Waals surface area contributed by atoms with E-state index in [0.717, 1.165) is 27.9 Å². The predicted octanol–water partition coefficient (Wildman–Crippen LogP) is 6.94. The van der Waals surface area contributed by atoms with Crippen molar-refractivity contribution in [1.29, 1.82) is 0 Å². The molecule has 1 amide bonds. The molecule has 0 bridgehead atoms. The van der Waals surface area contributed by atoms with Crippen molar-refractivity contribution in [3.05, 3.63) is 105 Å². The minimum absolute atomic E-state index is 0.104. The number of amidine groups is 1. The first kappa shape index (κ1) is 21.4. The summed E-state index contributed by atoms with van der Waals surface area (Å²) >= 11 is 7.56. The van der Waals surface area contributed by atoms with Crippen LogP contribution >= 0.6 is 23.4 Å². The van der Waals surface area contributed by atoms with Crippen LogP contribution in [0.15, 0.2) is 77.4 Å². The maximum Gasteiger partial charge on any atom is 0.283 e. The van der Waals surface area contributed by atoms with E-state index in [-0.39, 0.29) is 5.91 Å². The van der Waals surface area contributed by atoms with Crippen molar-refractivity contribution in [2.24, 2.45) is 4.99 Å². The standard InChI is InChI=1S/C26H23ClN2OS/c1-17-7-9-20(10-8-17)15-23-25(30)29(24-6-4-5-18(2)19(24)3)26(28-23)31-16-21-11-13-22(27)14-12-21/h4-15H,16H2,1-3H3/b23-15-.